The molecule has 0 aliphatic rings. The molecule has 0 radical (unpaired) electrons. The lowest BCUT2D eigenvalue weighted by Crippen LogP contribution is -2.38. The minimum absolute atomic E-state index is 0.150. The van der Waals surface area contributed by atoms with E-state index in [9.17, 15) is 4.79 Å². The van der Waals surface area contributed by atoms with Gasteiger partial charge in [-0.2, -0.15) is 0 Å². The third-order valence-electron chi connectivity index (χ3n) is 4.37. The molecule has 134 valence electrons. The molecule has 2 aromatic carbocycles. The fourth-order valence-electron chi connectivity index (χ4n) is 2.40. The largest absolute Gasteiger partial charge is 0.491 e. The van der Waals surface area contributed by atoms with Crippen LogP contribution in [0.3, 0.4) is 0 Å². The second-order valence-corrected chi connectivity index (χ2v) is 6.34. The van der Waals surface area contributed by atoms with Gasteiger partial charge in [-0.15, -0.1) is 0 Å². The molecular weight excluding hydrogens is 314 g/mol. The number of carbonyl (C=O) groups is 1. The second kappa shape index (κ2) is 8.56. The first kappa shape index (κ1) is 18.8. The Labute approximate surface area is 150 Å². The zero-order chi connectivity index (χ0) is 18.4. The third-order valence-corrected chi connectivity index (χ3v) is 4.37. The van der Waals surface area contributed by atoms with Gasteiger partial charge in [0.05, 0.1) is 6.54 Å². The zero-order valence-corrected chi connectivity index (χ0v) is 15.7. The van der Waals surface area contributed by atoms with Crippen molar-refractivity contribution in [1.29, 1.82) is 0 Å². The average Bonchev–Trinajstić information content (AvgIpc) is 2.58. The van der Waals surface area contributed by atoms with Crippen LogP contribution in [0.2, 0.25) is 0 Å². The number of hydrogen-bond acceptors (Lipinski definition) is 3. The highest BCUT2D eigenvalue weighted by atomic mass is 16.5. The second-order valence-electron chi connectivity index (χ2n) is 6.34. The van der Waals surface area contributed by atoms with Gasteiger partial charge in [0.15, 0.2) is 6.10 Å². The summed E-state index contributed by atoms with van der Waals surface area (Å²) in [7, 11) is 0. The molecular formula is C21H27NO3. The van der Waals surface area contributed by atoms with E-state index in [1.54, 1.807) is 6.92 Å². The summed E-state index contributed by atoms with van der Waals surface area (Å²) in [5.74, 6) is 1.41. The Morgan fingerprint density at radius 2 is 1.80 bits per heavy atom. The zero-order valence-electron chi connectivity index (χ0n) is 15.7. The van der Waals surface area contributed by atoms with Crippen LogP contribution in [0.5, 0.6) is 11.5 Å². The van der Waals surface area contributed by atoms with Gasteiger partial charge in [0, 0.05) is 0 Å². The first-order valence-corrected chi connectivity index (χ1v) is 8.59. The molecule has 0 saturated carbocycles. The SMILES string of the molecule is Cc1ccc(O[C@@H](C)C(=O)NCCOc2cccc(C)c2C)cc1C. The molecule has 1 amide bonds. The van der Waals surface area contributed by atoms with Crippen molar-refractivity contribution < 1.29 is 14.3 Å². The van der Waals surface area contributed by atoms with E-state index in [1.165, 1.54) is 11.1 Å². The van der Waals surface area contributed by atoms with E-state index >= 15 is 0 Å². The molecule has 0 bridgehead atoms. The fraction of sp³-hybridized carbons (Fsp3) is 0.381. The average molecular weight is 341 g/mol. The van der Waals surface area contributed by atoms with Crippen LogP contribution < -0.4 is 14.8 Å². The van der Waals surface area contributed by atoms with Gasteiger partial charge < -0.3 is 14.8 Å². The Morgan fingerprint density at radius 3 is 2.52 bits per heavy atom. The van der Waals surface area contributed by atoms with E-state index in [1.807, 2.05) is 51.1 Å². The maximum absolute atomic E-state index is 12.1. The molecule has 0 aliphatic heterocycles. The van der Waals surface area contributed by atoms with Gasteiger partial charge in [-0.05, 0) is 75.1 Å². The Hall–Kier alpha value is -2.49. The molecule has 0 aliphatic carbocycles. The summed E-state index contributed by atoms with van der Waals surface area (Å²) < 4.78 is 11.4. The molecule has 0 aromatic heterocycles. The Balaban J connectivity index is 1.77. The minimum atomic E-state index is -0.553. The standard InChI is InChI=1S/C21H27NO3/c1-14-9-10-19(13-16(14)3)25-18(5)21(23)22-11-12-24-20-8-6-7-15(2)17(20)4/h6-10,13,18H,11-12H2,1-5H3,(H,22,23)/t18-/m0/s1. The van der Waals surface area contributed by atoms with Gasteiger partial charge in [0.25, 0.3) is 5.91 Å². The number of rotatable bonds is 7. The summed E-state index contributed by atoms with van der Waals surface area (Å²) in [5.41, 5.74) is 4.66. The maximum Gasteiger partial charge on any atom is 0.260 e. The van der Waals surface area contributed by atoms with E-state index in [2.05, 4.69) is 18.3 Å². The molecule has 0 heterocycles. The third kappa shape index (κ3) is 5.24. The van der Waals surface area contributed by atoms with Crippen LogP contribution in [0, 0.1) is 27.7 Å². The van der Waals surface area contributed by atoms with Crippen LogP contribution in [0.1, 0.15) is 29.2 Å². The van der Waals surface area contributed by atoms with Crippen molar-refractivity contribution in [3.8, 4) is 11.5 Å². The lowest BCUT2D eigenvalue weighted by Gasteiger charge is -2.16. The normalized spacial score (nSPS) is 11.7. The van der Waals surface area contributed by atoms with Crippen molar-refractivity contribution in [2.24, 2.45) is 0 Å². The van der Waals surface area contributed by atoms with Crippen LogP contribution in [0.25, 0.3) is 0 Å². The van der Waals surface area contributed by atoms with Gasteiger partial charge in [0.1, 0.15) is 18.1 Å². The lowest BCUT2D eigenvalue weighted by atomic mass is 10.1. The van der Waals surface area contributed by atoms with E-state index in [0.29, 0.717) is 18.9 Å². The summed E-state index contributed by atoms with van der Waals surface area (Å²) >= 11 is 0. The summed E-state index contributed by atoms with van der Waals surface area (Å²) in [6.07, 6.45) is -0.553. The van der Waals surface area contributed by atoms with Gasteiger partial charge in [0.2, 0.25) is 0 Å². The number of carbonyl (C=O) groups excluding carboxylic acids is 1. The van der Waals surface area contributed by atoms with Crippen molar-refractivity contribution in [1.82, 2.24) is 5.32 Å². The van der Waals surface area contributed by atoms with Gasteiger partial charge in [-0.3, -0.25) is 4.79 Å². The molecule has 0 unspecified atom stereocenters. The van der Waals surface area contributed by atoms with Crippen molar-refractivity contribution in [2.75, 3.05) is 13.2 Å². The van der Waals surface area contributed by atoms with Crippen molar-refractivity contribution in [3.63, 3.8) is 0 Å². The summed E-state index contributed by atoms with van der Waals surface area (Å²) in [4.78, 5) is 12.1. The summed E-state index contributed by atoms with van der Waals surface area (Å²) in [6, 6.07) is 11.8. The summed E-state index contributed by atoms with van der Waals surface area (Å²) in [5, 5.41) is 2.84. The quantitative estimate of drug-likeness (QED) is 0.778. The maximum atomic E-state index is 12.1. The molecule has 2 rings (SSSR count). The van der Waals surface area contributed by atoms with E-state index in [-0.39, 0.29) is 5.91 Å². The van der Waals surface area contributed by atoms with Gasteiger partial charge in [-0.25, -0.2) is 0 Å². The number of benzene rings is 2. The van der Waals surface area contributed by atoms with Crippen LogP contribution in [-0.4, -0.2) is 25.2 Å². The van der Waals surface area contributed by atoms with Gasteiger partial charge >= 0.3 is 0 Å². The molecule has 0 spiro atoms. The van der Waals surface area contributed by atoms with E-state index in [0.717, 1.165) is 16.9 Å². The number of hydrogen-bond donors (Lipinski definition) is 1. The topological polar surface area (TPSA) is 47.6 Å². The molecule has 4 heteroatoms. The molecule has 1 N–H and O–H groups in total. The van der Waals surface area contributed by atoms with Crippen LogP contribution >= 0.6 is 0 Å². The Morgan fingerprint density at radius 1 is 1.04 bits per heavy atom. The van der Waals surface area contributed by atoms with Crippen molar-refractivity contribution >= 4 is 5.91 Å². The van der Waals surface area contributed by atoms with E-state index in [4.69, 9.17) is 9.47 Å². The Bertz CT molecular complexity index is 740. The minimum Gasteiger partial charge on any atom is -0.491 e. The molecule has 25 heavy (non-hydrogen) atoms. The van der Waals surface area contributed by atoms with Crippen molar-refractivity contribution in [3.05, 3.63) is 58.7 Å². The number of amides is 1. The first-order valence-electron chi connectivity index (χ1n) is 8.59. The molecule has 1 atom stereocenters. The molecule has 0 fully saturated rings. The Kier molecular flexibility index (Phi) is 6.45. The highest BCUT2D eigenvalue weighted by Crippen LogP contribution is 2.20. The molecule has 2 aromatic rings. The van der Waals surface area contributed by atoms with Crippen LogP contribution in [0.4, 0.5) is 0 Å². The van der Waals surface area contributed by atoms with Crippen molar-refractivity contribution in [2.45, 2.75) is 40.7 Å². The highest BCUT2D eigenvalue weighted by molar-refractivity contribution is 5.80. The fourth-order valence-corrected chi connectivity index (χ4v) is 2.40. The number of aryl methyl sites for hydroxylation is 3. The van der Waals surface area contributed by atoms with E-state index < -0.39 is 6.10 Å². The number of ether oxygens (including phenoxy) is 2. The van der Waals surface area contributed by atoms with Crippen LogP contribution in [-0.2, 0) is 4.79 Å². The monoisotopic (exact) mass is 341 g/mol. The first-order chi connectivity index (χ1) is 11.9. The predicted octanol–water partition coefficient (Wildman–Crippen LogP) is 3.88. The summed E-state index contributed by atoms with van der Waals surface area (Å²) in [6.45, 7) is 10.8. The highest BCUT2D eigenvalue weighted by Gasteiger charge is 2.14. The van der Waals surface area contributed by atoms with Crippen LogP contribution in [0.15, 0.2) is 36.4 Å². The van der Waals surface area contributed by atoms with Gasteiger partial charge in [-0.1, -0.05) is 18.2 Å². The number of nitrogens with one attached hydrogen (secondary N) is 1. The smallest absolute Gasteiger partial charge is 0.260 e. The lowest BCUT2D eigenvalue weighted by molar-refractivity contribution is -0.127. The molecule has 0 saturated heterocycles. The predicted molar refractivity (Wildman–Crippen MR) is 100 cm³/mol. The molecule has 4 nitrogen and oxygen atoms in total.